The Kier molecular flexibility index (Phi) is 5.82. The predicted molar refractivity (Wildman–Crippen MR) is 109 cm³/mol. The van der Waals surface area contributed by atoms with Gasteiger partial charge in [-0.25, -0.2) is 9.79 Å². The van der Waals surface area contributed by atoms with Gasteiger partial charge in [-0.3, -0.25) is 9.69 Å². The van der Waals surface area contributed by atoms with Crippen LogP contribution in [0.15, 0.2) is 50.7 Å². The highest BCUT2D eigenvalue weighted by Crippen LogP contribution is 2.33. The Hall–Kier alpha value is -2.07. The Morgan fingerprint density at radius 3 is 2.65 bits per heavy atom. The third-order valence-electron chi connectivity index (χ3n) is 3.47. The van der Waals surface area contributed by atoms with Crippen LogP contribution in [0, 0.1) is 3.77 Å². The van der Waals surface area contributed by atoms with Crippen molar-refractivity contribution in [2.45, 2.75) is 6.92 Å². The van der Waals surface area contributed by atoms with Crippen molar-refractivity contribution in [1.29, 1.82) is 0 Å². The molecule has 1 aliphatic rings. The molecule has 0 unspecified atom stereocenters. The van der Waals surface area contributed by atoms with E-state index in [2.05, 4.69) is 27.6 Å². The van der Waals surface area contributed by atoms with Gasteiger partial charge in [-0.2, -0.15) is 0 Å². The molecule has 26 heavy (non-hydrogen) atoms. The van der Waals surface area contributed by atoms with Gasteiger partial charge < -0.3 is 9.15 Å². The van der Waals surface area contributed by atoms with E-state index >= 15 is 0 Å². The van der Waals surface area contributed by atoms with Crippen LogP contribution >= 0.6 is 34.4 Å². The number of thioether (sulfide) groups is 1. The first-order chi connectivity index (χ1) is 12.5. The Morgan fingerprint density at radius 2 is 2.04 bits per heavy atom. The fourth-order valence-electron chi connectivity index (χ4n) is 2.18. The van der Waals surface area contributed by atoms with Crippen molar-refractivity contribution in [3.8, 4) is 0 Å². The van der Waals surface area contributed by atoms with Gasteiger partial charge in [0, 0.05) is 13.1 Å². The van der Waals surface area contributed by atoms with Crippen LogP contribution in [-0.2, 0) is 9.53 Å². The number of carbonyl (C=O) groups is 2. The summed E-state index contributed by atoms with van der Waals surface area (Å²) in [7, 11) is 1.67. The first kappa shape index (κ1) is 18.7. The second-order valence-corrected chi connectivity index (χ2v) is 7.35. The van der Waals surface area contributed by atoms with Gasteiger partial charge in [0.15, 0.2) is 8.93 Å². The first-order valence-corrected chi connectivity index (χ1v) is 9.66. The second-order valence-electron chi connectivity index (χ2n) is 5.28. The average Bonchev–Trinajstić information content (AvgIpc) is 3.15. The molecule has 1 aliphatic heterocycles. The number of carbonyl (C=O) groups excluding carboxylic acids is 2. The van der Waals surface area contributed by atoms with Gasteiger partial charge in [-0.15, -0.1) is 0 Å². The Labute approximate surface area is 168 Å². The molecule has 0 radical (unpaired) electrons. The number of likely N-dealkylation sites (N-methyl/N-ethyl adjacent to an activating group) is 1. The smallest absolute Gasteiger partial charge is 0.338 e. The molecule has 0 atom stereocenters. The third-order valence-corrected chi connectivity index (χ3v) is 5.11. The molecular weight excluding hydrogens is 467 g/mol. The minimum absolute atomic E-state index is 0.136. The van der Waals surface area contributed by atoms with Crippen molar-refractivity contribution in [1.82, 2.24) is 4.90 Å². The van der Waals surface area contributed by atoms with E-state index in [1.165, 1.54) is 16.7 Å². The quantitative estimate of drug-likeness (QED) is 0.370. The number of amides is 1. The Morgan fingerprint density at radius 1 is 1.31 bits per heavy atom. The van der Waals surface area contributed by atoms with Gasteiger partial charge in [0.05, 0.1) is 22.8 Å². The molecule has 1 aromatic heterocycles. The van der Waals surface area contributed by atoms with Gasteiger partial charge in [0.2, 0.25) is 0 Å². The molecule has 6 nitrogen and oxygen atoms in total. The van der Waals surface area contributed by atoms with E-state index in [4.69, 9.17) is 9.15 Å². The van der Waals surface area contributed by atoms with Crippen molar-refractivity contribution >= 4 is 63.2 Å². The molecule has 1 saturated heterocycles. The van der Waals surface area contributed by atoms with Gasteiger partial charge in [-0.05, 0) is 77.7 Å². The summed E-state index contributed by atoms with van der Waals surface area (Å²) in [6, 6.07) is 10.4. The monoisotopic (exact) mass is 482 g/mol. The van der Waals surface area contributed by atoms with E-state index in [1.54, 1.807) is 44.3 Å². The van der Waals surface area contributed by atoms with Gasteiger partial charge >= 0.3 is 5.97 Å². The van der Waals surface area contributed by atoms with Crippen LogP contribution in [0.3, 0.4) is 0 Å². The van der Waals surface area contributed by atoms with Crippen molar-refractivity contribution in [3.63, 3.8) is 0 Å². The maximum absolute atomic E-state index is 12.4. The highest BCUT2D eigenvalue weighted by Gasteiger charge is 2.30. The summed E-state index contributed by atoms with van der Waals surface area (Å²) in [6.07, 6.45) is 1.71. The topological polar surface area (TPSA) is 72.1 Å². The zero-order chi connectivity index (χ0) is 18.7. The fraction of sp³-hybridized carbons (Fsp3) is 0.167. The number of rotatable bonds is 4. The normalized spacial score (nSPS) is 17.3. The summed E-state index contributed by atoms with van der Waals surface area (Å²) < 4.78 is 11.2. The number of nitrogens with zero attached hydrogens (tertiary/aromatic N) is 2. The lowest BCUT2D eigenvalue weighted by Crippen LogP contribution is -2.23. The van der Waals surface area contributed by atoms with E-state index in [-0.39, 0.29) is 11.9 Å². The second kappa shape index (κ2) is 8.09. The summed E-state index contributed by atoms with van der Waals surface area (Å²) in [5.74, 6) is 0.120. The van der Waals surface area contributed by atoms with Crippen LogP contribution in [0.1, 0.15) is 23.0 Å². The standard InChI is InChI=1S/C18H15IN2O4S/c1-3-24-17(23)11-4-6-12(7-5-11)20-18-21(2)16(22)14(26-18)10-13-8-9-15(19)25-13/h4-10H,3H2,1-2H3/b14-10-,20-18?. The van der Waals surface area contributed by atoms with Crippen LogP contribution in [0.2, 0.25) is 0 Å². The first-order valence-electron chi connectivity index (χ1n) is 7.76. The molecule has 0 bridgehead atoms. The molecule has 8 heteroatoms. The highest BCUT2D eigenvalue weighted by atomic mass is 127. The van der Waals surface area contributed by atoms with Crippen molar-refractivity contribution in [3.05, 3.63) is 56.4 Å². The molecule has 0 saturated carbocycles. The zero-order valence-electron chi connectivity index (χ0n) is 14.1. The Bertz CT molecular complexity index is 902. The molecule has 0 aliphatic carbocycles. The number of amidine groups is 1. The molecule has 3 rings (SSSR count). The van der Waals surface area contributed by atoms with Gasteiger partial charge in [-0.1, -0.05) is 0 Å². The number of hydrogen-bond acceptors (Lipinski definition) is 6. The van der Waals surface area contributed by atoms with Crippen LogP contribution in [0.5, 0.6) is 0 Å². The number of aliphatic imine (C=N–C) groups is 1. The summed E-state index contributed by atoms with van der Waals surface area (Å²) in [6.45, 7) is 2.09. The minimum Gasteiger partial charge on any atom is -0.462 e. The molecule has 134 valence electrons. The van der Waals surface area contributed by atoms with Crippen LogP contribution < -0.4 is 0 Å². The molecule has 1 aromatic carbocycles. The van der Waals surface area contributed by atoms with Crippen LogP contribution in [-0.4, -0.2) is 35.6 Å². The van der Waals surface area contributed by atoms with Crippen molar-refractivity contribution in [2.24, 2.45) is 4.99 Å². The summed E-state index contributed by atoms with van der Waals surface area (Å²) in [5, 5.41) is 0.561. The number of ether oxygens (including phenoxy) is 1. The van der Waals surface area contributed by atoms with E-state index < -0.39 is 0 Å². The number of hydrogen-bond donors (Lipinski definition) is 0. The number of esters is 1. The molecule has 2 aromatic rings. The minimum atomic E-state index is -0.368. The van der Waals surface area contributed by atoms with E-state index in [9.17, 15) is 9.59 Å². The van der Waals surface area contributed by atoms with Gasteiger partial charge in [0.1, 0.15) is 5.76 Å². The predicted octanol–water partition coefficient (Wildman–Crippen LogP) is 4.29. The lowest BCUT2D eigenvalue weighted by atomic mass is 10.2. The van der Waals surface area contributed by atoms with E-state index in [1.807, 2.05) is 12.1 Å². The largest absolute Gasteiger partial charge is 0.462 e. The van der Waals surface area contributed by atoms with Crippen molar-refractivity contribution < 1.29 is 18.7 Å². The lowest BCUT2D eigenvalue weighted by molar-refractivity contribution is -0.121. The summed E-state index contributed by atoms with van der Waals surface area (Å²) in [4.78, 5) is 30.6. The number of benzene rings is 1. The highest BCUT2D eigenvalue weighted by molar-refractivity contribution is 14.1. The third kappa shape index (κ3) is 4.18. The van der Waals surface area contributed by atoms with E-state index in [0.717, 1.165) is 3.77 Å². The SMILES string of the molecule is CCOC(=O)c1ccc(N=C2S/C(=C\c3ccc(I)o3)C(=O)N2C)cc1. The summed E-state index contributed by atoms with van der Waals surface area (Å²) >= 11 is 3.35. The molecule has 1 fully saturated rings. The number of furan rings is 1. The lowest BCUT2D eigenvalue weighted by Gasteiger charge is -2.07. The summed E-state index contributed by atoms with van der Waals surface area (Å²) in [5.41, 5.74) is 1.11. The molecular formula is C18H15IN2O4S. The number of halogens is 1. The fourth-order valence-corrected chi connectivity index (χ4v) is 3.58. The van der Waals surface area contributed by atoms with Gasteiger partial charge in [0.25, 0.3) is 5.91 Å². The maximum Gasteiger partial charge on any atom is 0.338 e. The van der Waals surface area contributed by atoms with Crippen LogP contribution in [0.4, 0.5) is 5.69 Å². The molecule has 0 N–H and O–H groups in total. The Balaban J connectivity index is 1.79. The maximum atomic E-state index is 12.4. The van der Waals surface area contributed by atoms with Crippen LogP contribution in [0.25, 0.3) is 6.08 Å². The average molecular weight is 482 g/mol. The zero-order valence-corrected chi connectivity index (χ0v) is 17.0. The van der Waals surface area contributed by atoms with Crippen molar-refractivity contribution in [2.75, 3.05) is 13.7 Å². The van der Waals surface area contributed by atoms with E-state index in [0.29, 0.717) is 33.7 Å². The molecule has 1 amide bonds. The molecule has 2 heterocycles. The molecule has 0 spiro atoms.